The van der Waals surface area contributed by atoms with Crippen LogP contribution in [0.15, 0.2) is 24.3 Å². The fourth-order valence-corrected chi connectivity index (χ4v) is 5.40. The Hall–Kier alpha value is -2.16. The van der Waals surface area contributed by atoms with Gasteiger partial charge in [0.1, 0.15) is 11.1 Å². The molecule has 0 bridgehead atoms. The van der Waals surface area contributed by atoms with Gasteiger partial charge in [0, 0.05) is 30.9 Å². The van der Waals surface area contributed by atoms with Crippen LogP contribution >= 0.6 is 11.3 Å². The summed E-state index contributed by atoms with van der Waals surface area (Å²) in [6.07, 6.45) is 7.08. The van der Waals surface area contributed by atoms with Crippen LogP contribution < -0.4 is 5.32 Å². The number of hydrogen-bond donors (Lipinski definition) is 1. The Morgan fingerprint density at radius 1 is 1.15 bits per heavy atom. The molecule has 140 valence electrons. The lowest BCUT2D eigenvalue weighted by atomic mass is 10.00. The van der Waals surface area contributed by atoms with Gasteiger partial charge in [0.25, 0.3) is 0 Å². The molecule has 0 atom stereocenters. The average Bonchev–Trinajstić information content (AvgIpc) is 2.85. The SMILES string of the molecule is N#Cc1c(NC(=O)CCN2CCc3ccccc3C2)sc2c1CCCCC2. The second-order valence-corrected chi connectivity index (χ2v) is 8.58. The number of hydrogen-bond acceptors (Lipinski definition) is 4. The first-order chi connectivity index (χ1) is 13.2. The van der Waals surface area contributed by atoms with Crippen molar-refractivity contribution in [3.05, 3.63) is 51.4 Å². The van der Waals surface area contributed by atoms with E-state index in [9.17, 15) is 10.1 Å². The summed E-state index contributed by atoms with van der Waals surface area (Å²) < 4.78 is 0. The third-order valence-electron chi connectivity index (χ3n) is 5.65. The molecule has 4 rings (SSSR count). The van der Waals surface area contributed by atoms with E-state index in [1.165, 1.54) is 34.4 Å². The highest BCUT2D eigenvalue weighted by molar-refractivity contribution is 7.16. The maximum absolute atomic E-state index is 12.5. The van der Waals surface area contributed by atoms with Crippen LogP contribution in [-0.2, 0) is 30.6 Å². The van der Waals surface area contributed by atoms with Crippen molar-refractivity contribution < 1.29 is 4.79 Å². The van der Waals surface area contributed by atoms with Crippen LogP contribution in [0, 0.1) is 11.3 Å². The number of fused-ring (bicyclic) bond motifs is 2. The van der Waals surface area contributed by atoms with Gasteiger partial charge >= 0.3 is 0 Å². The zero-order valence-corrected chi connectivity index (χ0v) is 16.4. The third kappa shape index (κ3) is 4.07. The molecule has 1 aliphatic carbocycles. The van der Waals surface area contributed by atoms with Gasteiger partial charge in [0.2, 0.25) is 5.91 Å². The molecule has 0 saturated heterocycles. The molecule has 2 aromatic rings. The highest BCUT2D eigenvalue weighted by atomic mass is 32.1. The Bertz CT molecular complexity index is 880. The standard InChI is InChI=1S/C22H25N3OS/c23-14-19-18-8-2-1-3-9-20(18)27-22(19)24-21(26)11-13-25-12-10-16-6-4-5-7-17(16)15-25/h4-7H,1-3,8-13,15H2,(H,24,26). The fraction of sp³-hybridized carbons (Fsp3) is 0.455. The van der Waals surface area contributed by atoms with E-state index in [-0.39, 0.29) is 5.91 Å². The highest BCUT2D eigenvalue weighted by Gasteiger charge is 2.21. The van der Waals surface area contributed by atoms with Gasteiger partial charge in [-0.25, -0.2) is 0 Å². The number of carbonyl (C=O) groups is 1. The first-order valence-corrected chi connectivity index (χ1v) is 10.7. The molecule has 1 amide bonds. The Morgan fingerprint density at radius 3 is 2.81 bits per heavy atom. The van der Waals surface area contributed by atoms with Crippen molar-refractivity contribution in [2.75, 3.05) is 18.4 Å². The van der Waals surface area contributed by atoms with Crippen LogP contribution in [0.1, 0.15) is 52.8 Å². The van der Waals surface area contributed by atoms with Crippen molar-refractivity contribution in [1.82, 2.24) is 4.90 Å². The lowest BCUT2D eigenvalue weighted by Crippen LogP contribution is -2.33. The van der Waals surface area contributed by atoms with E-state index in [0.717, 1.165) is 50.3 Å². The quantitative estimate of drug-likeness (QED) is 0.807. The summed E-state index contributed by atoms with van der Waals surface area (Å²) in [5.74, 6) is 0.0155. The average molecular weight is 380 g/mol. The largest absolute Gasteiger partial charge is 0.317 e. The number of anilines is 1. The number of benzene rings is 1. The van der Waals surface area contributed by atoms with Crippen LogP contribution in [-0.4, -0.2) is 23.9 Å². The van der Waals surface area contributed by atoms with Crippen LogP contribution in [0.4, 0.5) is 5.00 Å². The van der Waals surface area contributed by atoms with Crippen LogP contribution in [0.2, 0.25) is 0 Å². The van der Waals surface area contributed by atoms with Crippen LogP contribution in [0.3, 0.4) is 0 Å². The summed E-state index contributed by atoms with van der Waals surface area (Å²) in [7, 11) is 0. The predicted octanol–water partition coefficient (Wildman–Crippen LogP) is 4.28. The minimum atomic E-state index is 0.0155. The number of rotatable bonds is 4. The van der Waals surface area contributed by atoms with E-state index in [1.807, 2.05) is 0 Å². The van der Waals surface area contributed by atoms with Crippen molar-refractivity contribution in [1.29, 1.82) is 5.26 Å². The summed E-state index contributed by atoms with van der Waals surface area (Å²) in [5.41, 5.74) is 4.69. The number of nitrogens with one attached hydrogen (secondary N) is 1. The maximum atomic E-state index is 12.5. The molecule has 0 radical (unpaired) electrons. The van der Waals surface area contributed by atoms with Crippen LogP contribution in [0.5, 0.6) is 0 Å². The normalized spacial score (nSPS) is 16.7. The van der Waals surface area contributed by atoms with Crippen molar-refractivity contribution in [3.63, 3.8) is 0 Å². The smallest absolute Gasteiger partial charge is 0.226 e. The molecular weight excluding hydrogens is 354 g/mol. The van der Waals surface area contributed by atoms with Gasteiger partial charge in [-0.2, -0.15) is 5.26 Å². The van der Waals surface area contributed by atoms with Gasteiger partial charge in [-0.1, -0.05) is 30.7 Å². The predicted molar refractivity (Wildman–Crippen MR) is 109 cm³/mol. The second-order valence-electron chi connectivity index (χ2n) is 7.47. The molecule has 1 aliphatic heterocycles. The van der Waals surface area contributed by atoms with Gasteiger partial charge in [-0.3, -0.25) is 9.69 Å². The second kappa shape index (κ2) is 8.24. The molecule has 27 heavy (non-hydrogen) atoms. The topological polar surface area (TPSA) is 56.1 Å². The molecule has 1 N–H and O–H groups in total. The van der Waals surface area contributed by atoms with E-state index in [1.54, 1.807) is 11.3 Å². The van der Waals surface area contributed by atoms with E-state index < -0.39 is 0 Å². The third-order valence-corrected chi connectivity index (χ3v) is 6.86. The molecule has 4 nitrogen and oxygen atoms in total. The van der Waals surface area contributed by atoms with Crippen molar-refractivity contribution in [3.8, 4) is 6.07 Å². The summed E-state index contributed by atoms with van der Waals surface area (Å²) in [4.78, 5) is 16.2. The number of carbonyl (C=O) groups excluding carboxylic acids is 1. The number of thiophene rings is 1. The molecule has 2 heterocycles. The van der Waals surface area contributed by atoms with Gasteiger partial charge in [0.05, 0.1) is 5.56 Å². The summed E-state index contributed by atoms with van der Waals surface area (Å²) in [6.45, 7) is 2.67. The van der Waals surface area contributed by atoms with Crippen molar-refractivity contribution in [2.24, 2.45) is 0 Å². The van der Waals surface area contributed by atoms with E-state index in [0.29, 0.717) is 12.0 Å². The Morgan fingerprint density at radius 2 is 1.96 bits per heavy atom. The van der Waals surface area contributed by atoms with Crippen molar-refractivity contribution >= 4 is 22.2 Å². The van der Waals surface area contributed by atoms with Gasteiger partial charge in [0.15, 0.2) is 0 Å². The summed E-state index contributed by atoms with van der Waals surface area (Å²) in [5, 5.41) is 13.4. The molecule has 0 unspecified atom stereocenters. The minimum Gasteiger partial charge on any atom is -0.317 e. The molecule has 0 fully saturated rings. The van der Waals surface area contributed by atoms with Crippen molar-refractivity contribution in [2.45, 2.75) is 51.5 Å². The zero-order chi connectivity index (χ0) is 18.6. The first-order valence-electron chi connectivity index (χ1n) is 9.88. The number of nitriles is 1. The van der Waals surface area contributed by atoms with E-state index in [4.69, 9.17) is 0 Å². The zero-order valence-electron chi connectivity index (χ0n) is 15.6. The number of nitrogens with zero attached hydrogens (tertiary/aromatic N) is 2. The Labute approximate surface area is 164 Å². The molecule has 1 aromatic heterocycles. The lowest BCUT2D eigenvalue weighted by Gasteiger charge is -2.28. The van der Waals surface area contributed by atoms with Gasteiger partial charge in [-0.05, 0) is 48.8 Å². The monoisotopic (exact) mass is 379 g/mol. The van der Waals surface area contributed by atoms with E-state index in [2.05, 4.69) is 40.6 Å². The van der Waals surface area contributed by atoms with Crippen LogP contribution in [0.25, 0.3) is 0 Å². The summed E-state index contributed by atoms with van der Waals surface area (Å²) in [6, 6.07) is 10.9. The molecule has 1 aromatic carbocycles. The minimum absolute atomic E-state index is 0.0155. The number of aryl methyl sites for hydroxylation is 1. The molecule has 5 heteroatoms. The lowest BCUT2D eigenvalue weighted by molar-refractivity contribution is -0.116. The van der Waals surface area contributed by atoms with Gasteiger partial charge in [-0.15, -0.1) is 11.3 Å². The Kier molecular flexibility index (Phi) is 5.56. The molecular formula is C22H25N3OS. The van der Waals surface area contributed by atoms with Gasteiger partial charge < -0.3 is 5.32 Å². The van der Waals surface area contributed by atoms with E-state index >= 15 is 0 Å². The molecule has 2 aliphatic rings. The first kappa shape index (κ1) is 18.2. The maximum Gasteiger partial charge on any atom is 0.226 e. The molecule has 0 spiro atoms. The highest BCUT2D eigenvalue weighted by Crippen LogP contribution is 2.37. The fourth-order valence-electron chi connectivity index (χ4n) is 4.14. The summed E-state index contributed by atoms with van der Waals surface area (Å²) >= 11 is 1.61. The Balaban J connectivity index is 1.36. The number of amides is 1. The molecule has 0 saturated carbocycles.